The molecule has 3 aliphatic rings. The first kappa shape index (κ1) is 21.2. The van der Waals surface area contributed by atoms with Crippen molar-refractivity contribution in [1.82, 2.24) is 4.90 Å². The van der Waals surface area contributed by atoms with Crippen LogP contribution >= 0.6 is 15.9 Å². The Hall–Kier alpha value is -1.03. The van der Waals surface area contributed by atoms with Gasteiger partial charge in [0.15, 0.2) is 0 Å². The van der Waals surface area contributed by atoms with E-state index in [-0.39, 0.29) is 23.4 Å². The first-order chi connectivity index (χ1) is 13.7. The van der Waals surface area contributed by atoms with Crippen LogP contribution in [-0.4, -0.2) is 28.0 Å². The molecule has 0 saturated heterocycles. The molecule has 160 valence electrons. The molecule has 4 rings (SSSR count). The fourth-order valence-electron chi connectivity index (χ4n) is 7.30. The summed E-state index contributed by atoms with van der Waals surface area (Å²) in [6.07, 6.45) is 6.74. The summed E-state index contributed by atoms with van der Waals surface area (Å²) >= 11 is 3.62. The van der Waals surface area contributed by atoms with Crippen molar-refractivity contribution in [3.63, 3.8) is 0 Å². The number of rotatable bonds is 3. The van der Waals surface area contributed by atoms with Crippen molar-refractivity contribution in [3.8, 4) is 5.75 Å². The summed E-state index contributed by atoms with van der Waals surface area (Å²) in [7, 11) is 0. The fraction of sp³-hybridized carbons (Fsp3) is 0.720. The summed E-state index contributed by atoms with van der Waals surface area (Å²) in [6.45, 7) is 11.0. The van der Waals surface area contributed by atoms with Crippen LogP contribution in [0.1, 0.15) is 83.8 Å². The van der Waals surface area contributed by atoms with Gasteiger partial charge in [0.2, 0.25) is 5.91 Å². The molecular formula is C25H36BrNO2. The minimum Gasteiger partial charge on any atom is -0.507 e. The van der Waals surface area contributed by atoms with Crippen molar-refractivity contribution in [2.24, 2.45) is 23.2 Å². The second kappa shape index (κ2) is 7.59. The Morgan fingerprint density at radius 2 is 1.83 bits per heavy atom. The molecule has 0 bridgehead atoms. The summed E-state index contributed by atoms with van der Waals surface area (Å²) in [5, 5.41) is 10.1. The monoisotopic (exact) mass is 461 g/mol. The van der Waals surface area contributed by atoms with Crippen molar-refractivity contribution in [3.05, 3.63) is 27.7 Å². The van der Waals surface area contributed by atoms with Crippen LogP contribution in [-0.2, 0) is 11.2 Å². The third-order valence-corrected chi connectivity index (χ3v) is 9.37. The number of nitrogens with zero attached hydrogens (tertiary/aromatic N) is 1. The van der Waals surface area contributed by atoms with Crippen molar-refractivity contribution < 1.29 is 9.90 Å². The van der Waals surface area contributed by atoms with Crippen LogP contribution in [0.5, 0.6) is 5.75 Å². The van der Waals surface area contributed by atoms with Gasteiger partial charge in [-0.1, -0.05) is 13.0 Å². The van der Waals surface area contributed by atoms with Crippen LogP contribution in [0.3, 0.4) is 0 Å². The number of amides is 1. The molecule has 0 aromatic heterocycles. The summed E-state index contributed by atoms with van der Waals surface area (Å²) in [4.78, 5) is 15.7. The lowest BCUT2D eigenvalue weighted by Crippen LogP contribution is -2.50. The number of halogens is 1. The molecule has 3 nitrogen and oxygen atoms in total. The van der Waals surface area contributed by atoms with Crippen LogP contribution in [0, 0.1) is 23.2 Å². The van der Waals surface area contributed by atoms with E-state index in [1.807, 2.05) is 6.07 Å². The quantitative estimate of drug-likeness (QED) is 0.575. The van der Waals surface area contributed by atoms with E-state index >= 15 is 0 Å². The molecule has 1 aromatic carbocycles. The molecule has 4 heteroatoms. The maximum absolute atomic E-state index is 13.6. The topological polar surface area (TPSA) is 40.5 Å². The number of fused-ring (bicyclic) bond motifs is 5. The Morgan fingerprint density at radius 1 is 1.14 bits per heavy atom. The lowest BCUT2D eigenvalue weighted by atomic mass is 9.54. The second-order valence-corrected chi connectivity index (χ2v) is 11.3. The highest BCUT2D eigenvalue weighted by molar-refractivity contribution is 9.10. The van der Waals surface area contributed by atoms with Gasteiger partial charge in [-0.05, 0) is 123 Å². The maximum Gasteiger partial charge on any atom is 0.226 e. The van der Waals surface area contributed by atoms with E-state index in [9.17, 15) is 9.90 Å². The normalized spacial score (nSPS) is 33.4. The van der Waals surface area contributed by atoms with E-state index in [0.717, 1.165) is 30.2 Å². The first-order valence-electron chi connectivity index (χ1n) is 11.5. The number of carbonyl (C=O) groups is 1. The van der Waals surface area contributed by atoms with Gasteiger partial charge in [-0.15, -0.1) is 0 Å². The molecule has 0 unspecified atom stereocenters. The lowest BCUT2D eigenvalue weighted by molar-refractivity contribution is -0.144. The number of phenols is 1. The highest BCUT2D eigenvalue weighted by atomic mass is 79.9. The molecule has 3 aliphatic carbocycles. The van der Waals surface area contributed by atoms with Gasteiger partial charge in [0.05, 0.1) is 4.47 Å². The molecule has 2 fully saturated rings. The van der Waals surface area contributed by atoms with Gasteiger partial charge in [-0.3, -0.25) is 4.79 Å². The molecule has 0 radical (unpaired) electrons. The highest BCUT2D eigenvalue weighted by Crippen LogP contribution is 2.63. The number of benzene rings is 1. The van der Waals surface area contributed by atoms with Crippen LogP contribution in [0.2, 0.25) is 0 Å². The number of hydrogen-bond acceptors (Lipinski definition) is 2. The van der Waals surface area contributed by atoms with E-state index in [2.05, 4.69) is 61.5 Å². The number of carbonyl (C=O) groups excluding carboxylic acids is 1. The van der Waals surface area contributed by atoms with Crippen molar-refractivity contribution in [2.75, 3.05) is 0 Å². The third kappa shape index (κ3) is 3.25. The van der Waals surface area contributed by atoms with Crippen LogP contribution in [0.25, 0.3) is 0 Å². The fourth-order valence-corrected chi connectivity index (χ4v) is 7.86. The van der Waals surface area contributed by atoms with Crippen LogP contribution < -0.4 is 0 Å². The summed E-state index contributed by atoms with van der Waals surface area (Å²) < 4.78 is 0.894. The van der Waals surface area contributed by atoms with Gasteiger partial charge in [-0.2, -0.15) is 0 Å². The van der Waals surface area contributed by atoms with Crippen LogP contribution in [0.15, 0.2) is 16.6 Å². The molecule has 1 aromatic rings. The average Bonchev–Trinajstić information content (AvgIpc) is 3.01. The van der Waals surface area contributed by atoms with Crippen molar-refractivity contribution in [1.29, 1.82) is 0 Å². The predicted molar refractivity (Wildman–Crippen MR) is 121 cm³/mol. The van der Waals surface area contributed by atoms with Crippen molar-refractivity contribution >= 4 is 21.8 Å². The second-order valence-electron chi connectivity index (χ2n) is 10.5. The molecule has 0 spiro atoms. The van der Waals surface area contributed by atoms with Crippen LogP contribution in [0.4, 0.5) is 0 Å². The van der Waals surface area contributed by atoms with E-state index in [1.54, 1.807) is 0 Å². The molecule has 1 amide bonds. The number of phenolic OH excluding ortho intramolecular Hbond substituents is 1. The Labute approximate surface area is 184 Å². The zero-order valence-electron chi connectivity index (χ0n) is 18.5. The minimum absolute atomic E-state index is 0.131. The molecule has 29 heavy (non-hydrogen) atoms. The largest absolute Gasteiger partial charge is 0.507 e. The van der Waals surface area contributed by atoms with Gasteiger partial charge in [0, 0.05) is 18.0 Å². The average molecular weight is 462 g/mol. The predicted octanol–water partition coefficient (Wildman–Crippen LogP) is 6.27. The van der Waals surface area contributed by atoms with Gasteiger partial charge >= 0.3 is 0 Å². The zero-order chi connectivity index (χ0) is 21.1. The smallest absolute Gasteiger partial charge is 0.226 e. The van der Waals surface area contributed by atoms with Crippen molar-refractivity contribution in [2.45, 2.75) is 91.1 Å². The van der Waals surface area contributed by atoms with Gasteiger partial charge in [-0.25, -0.2) is 0 Å². The molecule has 1 N–H and O–H groups in total. The Balaban J connectivity index is 1.62. The summed E-state index contributed by atoms with van der Waals surface area (Å²) in [5.41, 5.74) is 2.88. The third-order valence-electron chi connectivity index (χ3n) is 8.49. The molecule has 2 saturated carbocycles. The van der Waals surface area contributed by atoms with E-state index in [1.165, 1.54) is 24.0 Å². The summed E-state index contributed by atoms with van der Waals surface area (Å²) in [5.74, 6) is 2.80. The maximum atomic E-state index is 13.6. The van der Waals surface area contributed by atoms with E-state index in [0.29, 0.717) is 29.4 Å². The Kier molecular flexibility index (Phi) is 5.55. The molecular weight excluding hydrogens is 426 g/mol. The molecule has 5 atom stereocenters. The zero-order valence-corrected chi connectivity index (χ0v) is 20.1. The standard InChI is InChI=1S/C25H36BrNO2/c1-14(2)27(15(3)4)24(29)21-10-9-20-18-6-7-19-16(8-11-22(28)23(19)26)17(18)12-13-25(20,21)5/h8,11,14-15,17-18,20-21,28H,6-7,9-10,12-13H2,1-5H3/t17-,18-,20+,21-,25+/m1/s1. The molecule has 0 heterocycles. The van der Waals surface area contributed by atoms with Gasteiger partial charge < -0.3 is 10.0 Å². The Morgan fingerprint density at radius 3 is 2.48 bits per heavy atom. The number of aromatic hydroxyl groups is 1. The summed E-state index contributed by atoms with van der Waals surface area (Å²) in [6, 6.07) is 4.52. The molecule has 0 aliphatic heterocycles. The van der Waals surface area contributed by atoms with Gasteiger partial charge in [0.1, 0.15) is 5.75 Å². The lowest BCUT2D eigenvalue weighted by Gasteiger charge is -2.51. The van der Waals surface area contributed by atoms with E-state index < -0.39 is 0 Å². The first-order valence-corrected chi connectivity index (χ1v) is 12.3. The van der Waals surface area contributed by atoms with E-state index in [4.69, 9.17) is 0 Å². The van der Waals surface area contributed by atoms with Gasteiger partial charge in [0.25, 0.3) is 0 Å². The SMILES string of the molecule is CC(C)N(C(=O)[C@H]1CC[C@H]2[C@@H]3CCc4c(ccc(O)c4Br)[C@H]3CC[C@]12C)C(C)C. The number of hydrogen-bond donors (Lipinski definition) is 1. The highest BCUT2D eigenvalue weighted by Gasteiger charge is 2.57. The Bertz CT molecular complexity index is 796. The minimum atomic E-state index is 0.131.